The zero-order valence-electron chi connectivity index (χ0n) is 19.4. The van der Waals surface area contributed by atoms with Crippen LogP contribution >= 0.6 is 23.1 Å². The Bertz CT molecular complexity index is 1160. The van der Waals surface area contributed by atoms with Crippen LogP contribution in [0.25, 0.3) is 10.2 Å². The molecule has 0 aliphatic heterocycles. The lowest BCUT2D eigenvalue weighted by molar-refractivity contribution is -0.118. The van der Waals surface area contributed by atoms with E-state index in [1.54, 1.807) is 28.8 Å². The lowest BCUT2D eigenvalue weighted by Crippen LogP contribution is -2.38. The highest BCUT2D eigenvalue weighted by Gasteiger charge is 2.22. The number of nitrogens with zero attached hydrogens (tertiary/aromatic N) is 3. The van der Waals surface area contributed by atoms with Gasteiger partial charge in [-0.15, -0.1) is 11.8 Å². The van der Waals surface area contributed by atoms with Gasteiger partial charge in [-0.25, -0.2) is 13.4 Å². The Hall–Kier alpha value is -1.94. The summed E-state index contributed by atoms with van der Waals surface area (Å²) in [5, 5.41) is 0.564. The summed E-state index contributed by atoms with van der Waals surface area (Å²) in [5.74, 6) is 0.883. The molecular formula is C24H31N3O3S3. The number of hydrogen-bond donors (Lipinski definition) is 0. The van der Waals surface area contributed by atoms with Crippen molar-refractivity contribution in [3.8, 4) is 0 Å². The van der Waals surface area contributed by atoms with Crippen molar-refractivity contribution in [2.45, 2.75) is 36.5 Å². The maximum Gasteiger partial charge on any atom is 0.228 e. The van der Waals surface area contributed by atoms with E-state index in [9.17, 15) is 13.2 Å². The van der Waals surface area contributed by atoms with E-state index < -0.39 is 9.84 Å². The van der Waals surface area contributed by atoms with Gasteiger partial charge in [-0.05, 0) is 49.5 Å². The molecule has 0 saturated heterocycles. The maximum atomic E-state index is 13.2. The number of benzene rings is 2. The minimum atomic E-state index is -3.41. The molecular weight excluding hydrogens is 474 g/mol. The molecule has 33 heavy (non-hydrogen) atoms. The number of thiazole rings is 1. The zero-order chi connectivity index (χ0) is 23.8. The molecule has 0 radical (unpaired) electrons. The van der Waals surface area contributed by atoms with Gasteiger partial charge in [0, 0.05) is 30.7 Å². The number of rotatable bonds is 12. The van der Waals surface area contributed by atoms with E-state index in [-0.39, 0.29) is 10.8 Å². The molecule has 9 heteroatoms. The van der Waals surface area contributed by atoms with Crippen LogP contribution in [0, 0.1) is 0 Å². The van der Waals surface area contributed by atoms with Gasteiger partial charge in [-0.2, -0.15) is 0 Å². The lowest BCUT2D eigenvalue weighted by Gasteiger charge is -2.24. The molecule has 0 saturated carbocycles. The van der Waals surface area contributed by atoms with Crippen LogP contribution < -0.4 is 4.90 Å². The predicted molar refractivity (Wildman–Crippen MR) is 139 cm³/mol. The highest BCUT2D eigenvalue weighted by molar-refractivity contribution is 7.99. The van der Waals surface area contributed by atoms with Gasteiger partial charge in [-0.1, -0.05) is 49.4 Å². The number of carbonyl (C=O) groups is 1. The Kier molecular flexibility index (Phi) is 9.31. The van der Waals surface area contributed by atoms with Gasteiger partial charge in [0.1, 0.15) is 5.52 Å². The topological polar surface area (TPSA) is 70.6 Å². The average molecular weight is 506 g/mol. The van der Waals surface area contributed by atoms with Crippen molar-refractivity contribution in [1.82, 2.24) is 9.88 Å². The van der Waals surface area contributed by atoms with E-state index in [1.807, 2.05) is 24.3 Å². The number of likely N-dealkylation sites (N-methyl/N-ethyl adjacent to an activating group) is 1. The van der Waals surface area contributed by atoms with Gasteiger partial charge in [-0.3, -0.25) is 9.69 Å². The first kappa shape index (κ1) is 25.7. The molecule has 2 aromatic carbocycles. The summed E-state index contributed by atoms with van der Waals surface area (Å²) in [4.78, 5) is 23.3. The fourth-order valence-corrected chi connectivity index (χ4v) is 6.31. The fraction of sp³-hybridized carbons (Fsp3) is 0.417. The molecule has 178 valence electrons. The van der Waals surface area contributed by atoms with Crippen LogP contribution in [0.4, 0.5) is 5.13 Å². The molecule has 0 unspecified atom stereocenters. The SMILES string of the molecule is CCN(CC)CCN(C(=O)CCCSc1ccccc1)c1nc2c(S(C)(=O)=O)cccc2s1. The summed E-state index contributed by atoms with van der Waals surface area (Å²) in [6.45, 7) is 7.29. The highest BCUT2D eigenvalue weighted by atomic mass is 32.2. The normalized spacial score (nSPS) is 11.9. The van der Waals surface area contributed by atoms with Gasteiger partial charge in [0.05, 0.1) is 9.60 Å². The molecule has 0 atom stereocenters. The first-order valence-corrected chi connectivity index (χ1v) is 14.8. The van der Waals surface area contributed by atoms with Crippen LogP contribution in [0.5, 0.6) is 0 Å². The third-order valence-corrected chi connectivity index (χ3v) is 8.65. The largest absolute Gasteiger partial charge is 0.302 e. The Balaban J connectivity index is 1.78. The number of amides is 1. The average Bonchev–Trinajstić information content (AvgIpc) is 3.23. The Labute approximate surface area is 204 Å². The Morgan fingerprint density at radius 1 is 1.03 bits per heavy atom. The molecule has 0 spiro atoms. The smallest absolute Gasteiger partial charge is 0.228 e. The molecule has 1 heterocycles. The maximum absolute atomic E-state index is 13.2. The summed E-state index contributed by atoms with van der Waals surface area (Å²) in [6.07, 6.45) is 2.38. The molecule has 0 aliphatic carbocycles. The Morgan fingerprint density at radius 2 is 1.76 bits per heavy atom. The van der Waals surface area contributed by atoms with E-state index in [2.05, 4.69) is 35.9 Å². The standard InChI is InChI=1S/C24H31N3O3S3/c1-4-26(5-2)16-17-27(22(28)15-10-18-31-19-11-7-6-8-12-19)24-25-23-20(32-24)13-9-14-21(23)33(3,29)30/h6-9,11-14H,4-5,10,15-18H2,1-3H3. The van der Waals surface area contributed by atoms with Gasteiger partial charge < -0.3 is 4.90 Å². The van der Waals surface area contributed by atoms with Crippen LogP contribution in [-0.2, 0) is 14.6 Å². The van der Waals surface area contributed by atoms with E-state index in [4.69, 9.17) is 0 Å². The lowest BCUT2D eigenvalue weighted by atomic mass is 10.3. The summed E-state index contributed by atoms with van der Waals surface area (Å²) >= 11 is 3.12. The highest BCUT2D eigenvalue weighted by Crippen LogP contribution is 2.33. The number of aromatic nitrogens is 1. The quantitative estimate of drug-likeness (QED) is 0.256. The van der Waals surface area contributed by atoms with Crippen molar-refractivity contribution in [1.29, 1.82) is 0 Å². The monoisotopic (exact) mass is 505 g/mol. The summed E-state index contributed by atoms with van der Waals surface area (Å²) in [6, 6.07) is 15.3. The van der Waals surface area contributed by atoms with E-state index >= 15 is 0 Å². The van der Waals surface area contributed by atoms with Crippen LogP contribution in [0.1, 0.15) is 26.7 Å². The number of fused-ring (bicyclic) bond motifs is 1. The second kappa shape index (κ2) is 12.0. The first-order chi connectivity index (χ1) is 15.8. The van der Waals surface area contributed by atoms with Crippen molar-refractivity contribution < 1.29 is 13.2 Å². The summed E-state index contributed by atoms with van der Waals surface area (Å²) < 4.78 is 25.2. The van der Waals surface area contributed by atoms with Crippen molar-refractivity contribution in [3.63, 3.8) is 0 Å². The third-order valence-electron chi connectivity index (χ3n) is 5.38. The van der Waals surface area contributed by atoms with Crippen LogP contribution in [0.3, 0.4) is 0 Å². The molecule has 1 amide bonds. The Morgan fingerprint density at radius 3 is 2.42 bits per heavy atom. The van der Waals surface area contributed by atoms with Crippen LogP contribution in [0.15, 0.2) is 58.3 Å². The van der Waals surface area contributed by atoms with E-state index in [0.29, 0.717) is 23.6 Å². The molecule has 3 rings (SSSR count). The molecule has 0 bridgehead atoms. The third kappa shape index (κ3) is 7.02. The minimum Gasteiger partial charge on any atom is -0.302 e. The second-order valence-electron chi connectivity index (χ2n) is 7.71. The molecule has 6 nitrogen and oxygen atoms in total. The van der Waals surface area contributed by atoms with Crippen LogP contribution in [0.2, 0.25) is 0 Å². The van der Waals surface area contributed by atoms with Crippen molar-refractivity contribution in [2.24, 2.45) is 0 Å². The van der Waals surface area contributed by atoms with Crippen molar-refractivity contribution >= 4 is 54.2 Å². The molecule has 0 aliphatic rings. The van der Waals surface area contributed by atoms with E-state index in [1.165, 1.54) is 22.5 Å². The zero-order valence-corrected chi connectivity index (χ0v) is 21.8. The molecule has 3 aromatic rings. The molecule has 0 N–H and O–H groups in total. The minimum absolute atomic E-state index is 0.0239. The number of para-hydroxylation sites is 1. The van der Waals surface area contributed by atoms with Crippen molar-refractivity contribution in [2.75, 3.05) is 43.1 Å². The second-order valence-corrected chi connectivity index (χ2v) is 11.9. The fourth-order valence-electron chi connectivity index (χ4n) is 3.50. The van der Waals surface area contributed by atoms with E-state index in [0.717, 1.165) is 36.5 Å². The number of anilines is 1. The summed E-state index contributed by atoms with van der Waals surface area (Å²) in [7, 11) is -3.41. The first-order valence-electron chi connectivity index (χ1n) is 11.1. The van der Waals surface area contributed by atoms with Crippen molar-refractivity contribution in [3.05, 3.63) is 48.5 Å². The number of hydrogen-bond acceptors (Lipinski definition) is 7. The summed E-state index contributed by atoms with van der Waals surface area (Å²) in [5.41, 5.74) is 0.445. The number of thioether (sulfide) groups is 1. The van der Waals surface area contributed by atoms with Crippen LogP contribution in [-0.4, -0.2) is 62.4 Å². The van der Waals surface area contributed by atoms with Gasteiger partial charge in [0.15, 0.2) is 15.0 Å². The number of sulfone groups is 1. The van der Waals surface area contributed by atoms with Gasteiger partial charge >= 0.3 is 0 Å². The van der Waals surface area contributed by atoms with Gasteiger partial charge in [0.25, 0.3) is 0 Å². The predicted octanol–water partition coefficient (Wildman–Crippen LogP) is 4.95. The molecule has 1 aromatic heterocycles. The van der Waals surface area contributed by atoms with Gasteiger partial charge in [0.2, 0.25) is 5.91 Å². The number of carbonyl (C=O) groups excluding carboxylic acids is 1. The molecule has 0 fully saturated rings.